The highest BCUT2D eigenvalue weighted by Crippen LogP contribution is 2.37. The third kappa shape index (κ3) is 3.09. The third-order valence-corrected chi connectivity index (χ3v) is 3.87. The van der Waals surface area contributed by atoms with Gasteiger partial charge in [-0.3, -0.25) is 4.90 Å². The van der Waals surface area contributed by atoms with E-state index in [-0.39, 0.29) is 12.0 Å². The minimum absolute atomic E-state index is 0.0129. The summed E-state index contributed by atoms with van der Waals surface area (Å²) in [4.78, 5) is 2.11. The number of alkyl halides is 3. The standard InChI is InChI=1S/C14H19F3N2/c1-19-7-3-5-11(9-18)13(19)10-4-2-6-12(8-10)14(15,16)17/h2,4,6,8,11,13H,3,5,7,9,18H2,1H3. The van der Waals surface area contributed by atoms with Crippen LogP contribution in [0, 0.1) is 5.92 Å². The van der Waals surface area contributed by atoms with Crippen molar-refractivity contribution >= 4 is 0 Å². The molecular weight excluding hydrogens is 253 g/mol. The lowest BCUT2D eigenvalue weighted by molar-refractivity contribution is -0.137. The highest BCUT2D eigenvalue weighted by Gasteiger charge is 2.33. The van der Waals surface area contributed by atoms with Gasteiger partial charge in [0.15, 0.2) is 0 Å². The molecule has 0 amide bonds. The fourth-order valence-corrected chi connectivity index (χ4v) is 2.93. The molecule has 0 radical (unpaired) electrons. The van der Waals surface area contributed by atoms with Crippen LogP contribution in [0.2, 0.25) is 0 Å². The summed E-state index contributed by atoms with van der Waals surface area (Å²) in [6, 6.07) is 5.61. The molecule has 0 spiro atoms. The van der Waals surface area contributed by atoms with Gasteiger partial charge >= 0.3 is 6.18 Å². The number of rotatable bonds is 2. The van der Waals surface area contributed by atoms with Crippen molar-refractivity contribution in [2.24, 2.45) is 11.7 Å². The molecule has 2 nitrogen and oxygen atoms in total. The summed E-state index contributed by atoms with van der Waals surface area (Å²) in [5.41, 5.74) is 5.90. The van der Waals surface area contributed by atoms with Crippen LogP contribution in [0.1, 0.15) is 30.0 Å². The Kier molecular flexibility index (Phi) is 4.16. The van der Waals surface area contributed by atoms with E-state index in [0.29, 0.717) is 12.1 Å². The van der Waals surface area contributed by atoms with Gasteiger partial charge in [-0.05, 0) is 56.6 Å². The molecule has 106 valence electrons. The first kappa shape index (κ1) is 14.3. The molecule has 5 heteroatoms. The summed E-state index contributed by atoms with van der Waals surface area (Å²) in [7, 11) is 1.95. The van der Waals surface area contributed by atoms with Gasteiger partial charge in [-0.1, -0.05) is 12.1 Å². The molecule has 1 aliphatic heterocycles. The maximum absolute atomic E-state index is 12.8. The van der Waals surface area contributed by atoms with E-state index < -0.39 is 11.7 Å². The third-order valence-electron chi connectivity index (χ3n) is 3.87. The molecule has 2 unspecified atom stereocenters. The van der Waals surface area contributed by atoms with Crippen LogP contribution in [0.15, 0.2) is 24.3 Å². The quantitative estimate of drug-likeness (QED) is 0.896. The molecule has 2 atom stereocenters. The zero-order valence-electron chi connectivity index (χ0n) is 11.0. The summed E-state index contributed by atoms with van der Waals surface area (Å²) in [6.07, 6.45) is -2.27. The lowest BCUT2D eigenvalue weighted by Crippen LogP contribution is -2.39. The van der Waals surface area contributed by atoms with E-state index in [1.807, 2.05) is 7.05 Å². The molecule has 1 fully saturated rings. The summed E-state index contributed by atoms with van der Waals surface area (Å²) >= 11 is 0. The summed E-state index contributed by atoms with van der Waals surface area (Å²) in [6.45, 7) is 1.41. The monoisotopic (exact) mass is 272 g/mol. The van der Waals surface area contributed by atoms with Crippen LogP contribution < -0.4 is 5.73 Å². The molecule has 2 N–H and O–H groups in total. The predicted octanol–water partition coefficient (Wildman–Crippen LogP) is 3.05. The second-order valence-corrected chi connectivity index (χ2v) is 5.19. The van der Waals surface area contributed by atoms with Crippen molar-refractivity contribution in [2.75, 3.05) is 20.1 Å². The average molecular weight is 272 g/mol. The predicted molar refractivity (Wildman–Crippen MR) is 68.6 cm³/mol. The zero-order valence-corrected chi connectivity index (χ0v) is 11.0. The molecule has 1 aliphatic rings. The van der Waals surface area contributed by atoms with E-state index in [2.05, 4.69) is 4.90 Å². The van der Waals surface area contributed by atoms with Gasteiger partial charge in [-0.25, -0.2) is 0 Å². The van der Waals surface area contributed by atoms with Crippen molar-refractivity contribution in [2.45, 2.75) is 25.1 Å². The minimum Gasteiger partial charge on any atom is -0.330 e. The van der Waals surface area contributed by atoms with Crippen molar-refractivity contribution in [1.82, 2.24) is 4.90 Å². The zero-order chi connectivity index (χ0) is 14.0. The van der Waals surface area contributed by atoms with Crippen LogP contribution in [-0.2, 0) is 6.18 Å². The summed E-state index contributed by atoms with van der Waals surface area (Å²) in [5.74, 6) is 0.224. The number of benzene rings is 1. The van der Waals surface area contributed by atoms with Crippen molar-refractivity contribution in [1.29, 1.82) is 0 Å². The van der Waals surface area contributed by atoms with E-state index in [9.17, 15) is 13.2 Å². The SMILES string of the molecule is CN1CCCC(CN)C1c1cccc(C(F)(F)F)c1. The Hall–Kier alpha value is -1.07. The largest absolute Gasteiger partial charge is 0.416 e. The Morgan fingerprint density at radius 3 is 2.74 bits per heavy atom. The highest BCUT2D eigenvalue weighted by molar-refractivity contribution is 5.29. The number of nitrogens with zero attached hydrogens (tertiary/aromatic N) is 1. The molecule has 0 saturated carbocycles. The minimum atomic E-state index is -4.29. The van der Waals surface area contributed by atoms with Gasteiger partial charge in [0.25, 0.3) is 0 Å². The van der Waals surface area contributed by atoms with Crippen LogP contribution in [0.3, 0.4) is 0 Å². The van der Waals surface area contributed by atoms with Crippen LogP contribution in [0.5, 0.6) is 0 Å². The van der Waals surface area contributed by atoms with Crippen LogP contribution in [0.25, 0.3) is 0 Å². The Balaban J connectivity index is 2.33. The van der Waals surface area contributed by atoms with Gasteiger partial charge in [0, 0.05) is 6.04 Å². The maximum Gasteiger partial charge on any atom is 0.416 e. The lowest BCUT2D eigenvalue weighted by atomic mass is 9.84. The fourth-order valence-electron chi connectivity index (χ4n) is 2.93. The van der Waals surface area contributed by atoms with Gasteiger partial charge in [0.05, 0.1) is 5.56 Å². The smallest absolute Gasteiger partial charge is 0.330 e. The van der Waals surface area contributed by atoms with E-state index in [1.54, 1.807) is 6.07 Å². The second-order valence-electron chi connectivity index (χ2n) is 5.19. The number of hydrogen-bond acceptors (Lipinski definition) is 2. The molecule has 1 aromatic carbocycles. The summed E-state index contributed by atoms with van der Waals surface area (Å²) < 4.78 is 38.3. The average Bonchev–Trinajstić information content (AvgIpc) is 2.37. The fraction of sp³-hybridized carbons (Fsp3) is 0.571. The second kappa shape index (κ2) is 5.51. The number of piperidine rings is 1. The topological polar surface area (TPSA) is 29.3 Å². The van der Waals surface area contributed by atoms with Gasteiger partial charge in [0.1, 0.15) is 0 Å². The summed E-state index contributed by atoms with van der Waals surface area (Å²) in [5, 5.41) is 0. The normalized spacial score (nSPS) is 25.5. The van der Waals surface area contributed by atoms with Gasteiger partial charge in [-0.15, -0.1) is 0 Å². The van der Waals surface area contributed by atoms with E-state index in [4.69, 9.17) is 5.73 Å². The van der Waals surface area contributed by atoms with Crippen molar-refractivity contribution < 1.29 is 13.2 Å². The first-order valence-corrected chi connectivity index (χ1v) is 6.51. The Labute approximate surface area is 111 Å². The lowest BCUT2D eigenvalue weighted by Gasteiger charge is -2.39. The first-order chi connectivity index (χ1) is 8.93. The van der Waals surface area contributed by atoms with E-state index in [0.717, 1.165) is 25.5 Å². The molecule has 1 heterocycles. The van der Waals surface area contributed by atoms with Gasteiger partial charge < -0.3 is 5.73 Å². The number of likely N-dealkylation sites (tertiary alicyclic amines) is 1. The van der Waals surface area contributed by atoms with Crippen molar-refractivity contribution in [3.63, 3.8) is 0 Å². The Morgan fingerprint density at radius 2 is 2.11 bits per heavy atom. The molecular formula is C14H19F3N2. The first-order valence-electron chi connectivity index (χ1n) is 6.51. The Morgan fingerprint density at radius 1 is 1.37 bits per heavy atom. The molecule has 1 aromatic rings. The van der Waals surface area contributed by atoms with E-state index >= 15 is 0 Å². The van der Waals surface area contributed by atoms with Crippen molar-refractivity contribution in [3.8, 4) is 0 Å². The van der Waals surface area contributed by atoms with Crippen LogP contribution in [0.4, 0.5) is 13.2 Å². The number of nitrogens with two attached hydrogens (primary N) is 1. The van der Waals surface area contributed by atoms with Crippen molar-refractivity contribution in [3.05, 3.63) is 35.4 Å². The number of hydrogen-bond donors (Lipinski definition) is 1. The Bertz CT molecular complexity index is 431. The van der Waals surface area contributed by atoms with Crippen LogP contribution in [-0.4, -0.2) is 25.0 Å². The molecule has 2 rings (SSSR count). The van der Waals surface area contributed by atoms with Gasteiger partial charge in [-0.2, -0.15) is 13.2 Å². The van der Waals surface area contributed by atoms with Crippen LogP contribution >= 0.6 is 0 Å². The molecule has 1 saturated heterocycles. The molecule has 0 aromatic heterocycles. The van der Waals surface area contributed by atoms with E-state index in [1.165, 1.54) is 12.1 Å². The molecule has 0 aliphatic carbocycles. The molecule has 19 heavy (non-hydrogen) atoms. The highest BCUT2D eigenvalue weighted by atomic mass is 19.4. The maximum atomic E-state index is 12.8. The number of halogens is 3. The molecule has 0 bridgehead atoms. The van der Waals surface area contributed by atoms with Gasteiger partial charge in [0.2, 0.25) is 0 Å².